The number of non-ortho nitro benzene ring substituents is 1. The lowest BCUT2D eigenvalue weighted by Crippen LogP contribution is -2.11. The molecule has 0 saturated carbocycles. The van der Waals surface area contributed by atoms with Gasteiger partial charge in [-0.05, 0) is 18.9 Å². The first-order valence-electron chi connectivity index (χ1n) is 6.64. The smallest absolute Gasteiger partial charge is 0.295 e. The summed E-state index contributed by atoms with van der Waals surface area (Å²) in [7, 11) is 0. The molecule has 0 bridgehead atoms. The fraction of sp³-hybridized carbons (Fsp3) is 0.286. The number of pyridine rings is 1. The van der Waals surface area contributed by atoms with E-state index in [1.165, 1.54) is 6.07 Å². The van der Waals surface area contributed by atoms with Crippen LogP contribution < -0.4 is 11.1 Å². The zero-order valence-corrected chi connectivity index (χ0v) is 11.4. The van der Waals surface area contributed by atoms with Gasteiger partial charge in [-0.25, -0.2) is 4.98 Å². The largest absolute Gasteiger partial charge is 0.384 e. The molecule has 0 spiro atoms. The van der Waals surface area contributed by atoms with Gasteiger partial charge in [0.25, 0.3) is 5.69 Å². The number of aromatic nitrogens is 1. The summed E-state index contributed by atoms with van der Waals surface area (Å²) in [6.45, 7) is 0.662. The number of para-hydroxylation sites is 1. The SMILES string of the molecule is NC(=O)CCCCNc1ccnc2c([N+](=O)[O-])cccc12. The predicted molar refractivity (Wildman–Crippen MR) is 79.9 cm³/mol. The number of fused-ring (bicyclic) bond motifs is 1. The van der Waals surface area contributed by atoms with Crippen molar-refractivity contribution in [2.75, 3.05) is 11.9 Å². The van der Waals surface area contributed by atoms with Gasteiger partial charge in [0.1, 0.15) is 5.52 Å². The molecule has 0 aliphatic rings. The number of nitrogens with one attached hydrogen (secondary N) is 1. The fourth-order valence-corrected chi connectivity index (χ4v) is 2.11. The molecule has 2 rings (SSSR count). The van der Waals surface area contributed by atoms with Gasteiger partial charge >= 0.3 is 0 Å². The summed E-state index contributed by atoms with van der Waals surface area (Å²) < 4.78 is 0. The van der Waals surface area contributed by atoms with Crippen molar-refractivity contribution in [3.05, 3.63) is 40.6 Å². The molecule has 0 radical (unpaired) electrons. The number of hydrogen-bond donors (Lipinski definition) is 2. The van der Waals surface area contributed by atoms with E-state index in [1.54, 1.807) is 24.4 Å². The van der Waals surface area contributed by atoms with Gasteiger partial charge in [0.05, 0.1) is 4.92 Å². The highest BCUT2D eigenvalue weighted by atomic mass is 16.6. The van der Waals surface area contributed by atoms with E-state index in [9.17, 15) is 14.9 Å². The average molecular weight is 288 g/mol. The van der Waals surface area contributed by atoms with Crippen molar-refractivity contribution in [1.82, 2.24) is 4.98 Å². The maximum Gasteiger partial charge on any atom is 0.295 e. The number of amides is 1. The second kappa shape index (κ2) is 6.65. The lowest BCUT2D eigenvalue weighted by Gasteiger charge is -2.09. The summed E-state index contributed by atoms with van der Waals surface area (Å²) in [6.07, 6.45) is 3.42. The fourth-order valence-electron chi connectivity index (χ4n) is 2.11. The maximum absolute atomic E-state index is 11.0. The molecule has 21 heavy (non-hydrogen) atoms. The van der Waals surface area contributed by atoms with Crippen molar-refractivity contribution in [1.29, 1.82) is 0 Å². The van der Waals surface area contributed by atoms with Crippen LogP contribution in [-0.4, -0.2) is 22.4 Å². The van der Waals surface area contributed by atoms with E-state index in [4.69, 9.17) is 5.73 Å². The Morgan fingerprint density at radius 2 is 2.14 bits per heavy atom. The molecule has 7 heteroatoms. The zero-order valence-electron chi connectivity index (χ0n) is 11.4. The number of nitro groups is 1. The highest BCUT2D eigenvalue weighted by molar-refractivity contribution is 5.96. The van der Waals surface area contributed by atoms with Gasteiger partial charge in [-0.15, -0.1) is 0 Å². The summed E-state index contributed by atoms with van der Waals surface area (Å²) in [5, 5.41) is 14.9. The number of anilines is 1. The molecule has 0 atom stereocenters. The van der Waals surface area contributed by atoms with Crippen LogP contribution >= 0.6 is 0 Å². The molecule has 7 nitrogen and oxygen atoms in total. The van der Waals surface area contributed by atoms with Crippen LogP contribution in [0.4, 0.5) is 11.4 Å². The molecule has 110 valence electrons. The summed E-state index contributed by atoms with van der Waals surface area (Å²) in [5.74, 6) is -0.306. The zero-order chi connectivity index (χ0) is 15.2. The molecular weight excluding hydrogens is 272 g/mol. The molecule has 0 saturated heterocycles. The first-order chi connectivity index (χ1) is 10.1. The maximum atomic E-state index is 11.0. The van der Waals surface area contributed by atoms with Crippen LogP contribution in [0.1, 0.15) is 19.3 Å². The standard InChI is InChI=1S/C14H16N4O3/c15-13(19)6-1-2-8-16-11-7-9-17-14-10(11)4-3-5-12(14)18(20)21/h3-5,7,9H,1-2,6,8H2,(H2,15,19)(H,16,17). The van der Waals surface area contributed by atoms with Crippen LogP contribution in [0.15, 0.2) is 30.5 Å². The van der Waals surface area contributed by atoms with E-state index < -0.39 is 4.92 Å². The predicted octanol–water partition coefficient (Wildman–Crippen LogP) is 2.21. The highest BCUT2D eigenvalue weighted by Gasteiger charge is 2.13. The van der Waals surface area contributed by atoms with Gasteiger partial charge in [0.2, 0.25) is 5.91 Å². The third-order valence-corrected chi connectivity index (χ3v) is 3.11. The van der Waals surface area contributed by atoms with Crippen molar-refractivity contribution in [3.8, 4) is 0 Å². The molecular formula is C14H16N4O3. The number of nitro benzene ring substituents is 1. The first kappa shape index (κ1) is 14.7. The van der Waals surface area contributed by atoms with Gasteiger partial charge in [0, 0.05) is 36.3 Å². The van der Waals surface area contributed by atoms with E-state index >= 15 is 0 Å². The average Bonchev–Trinajstić information content (AvgIpc) is 2.46. The van der Waals surface area contributed by atoms with Gasteiger partial charge < -0.3 is 11.1 Å². The lowest BCUT2D eigenvalue weighted by molar-refractivity contribution is -0.383. The minimum atomic E-state index is -0.439. The van der Waals surface area contributed by atoms with E-state index in [2.05, 4.69) is 10.3 Å². The topological polar surface area (TPSA) is 111 Å². The Morgan fingerprint density at radius 1 is 1.33 bits per heavy atom. The Labute approximate surface area is 121 Å². The summed E-state index contributed by atoms with van der Waals surface area (Å²) >= 11 is 0. The van der Waals surface area contributed by atoms with Crippen molar-refractivity contribution < 1.29 is 9.72 Å². The van der Waals surface area contributed by atoms with Gasteiger partial charge in [-0.3, -0.25) is 14.9 Å². The van der Waals surface area contributed by atoms with Crippen LogP contribution in [0.3, 0.4) is 0 Å². The molecule has 0 aliphatic carbocycles. The third-order valence-electron chi connectivity index (χ3n) is 3.11. The second-order valence-electron chi connectivity index (χ2n) is 4.64. The number of nitrogens with zero attached hydrogens (tertiary/aromatic N) is 2. The molecule has 1 aromatic heterocycles. The van der Waals surface area contributed by atoms with Gasteiger partial charge in [-0.1, -0.05) is 12.1 Å². The number of carbonyl (C=O) groups excluding carboxylic acids is 1. The number of rotatable bonds is 7. The summed E-state index contributed by atoms with van der Waals surface area (Å²) in [5.41, 5.74) is 6.22. The third kappa shape index (κ3) is 3.65. The Kier molecular flexibility index (Phi) is 4.65. The molecule has 0 fully saturated rings. The number of carbonyl (C=O) groups is 1. The number of primary amides is 1. The Morgan fingerprint density at radius 3 is 2.86 bits per heavy atom. The molecule has 0 unspecified atom stereocenters. The normalized spacial score (nSPS) is 10.5. The van der Waals surface area contributed by atoms with Crippen LogP contribution in [-0.2, 0) is 4.79 Å². The van der Waals surface area contributed by atoms with Crippen molar-refractivity contribution in [2.24, 2.45) is 5.73 Å². The molecule has 0 aliphatic heterocycles. The van der Waals surface area contributed by atoms with Crippen molar-refractivity contribution >= 4 is 28.2 Å². The Bertz CT molecular complexity index is 672. The van der Waals surface area contributed by atoms with Crippen molar-refractivity contribution in [2.45, 2.75) is 19.3 Å². The number of unbranched alkanes of at least 4 members (excludes halogenated alkanes) is 1. The van der Waals surface area contributed by atoms with Gasteiger partial charge in [-0.2, -0.15) is 0 Å². The van der Waals surface area contributed by atoms with E-state index in [1.807, 2.05) is 0 Å². The van der Waals surface area contributed by atoms with Crippen LogP contribution in [0.25, 0.3) is 10.9 Å². The monoisotopic (exact) mass is 288 g/mol. The minimum absolute atomic E-state index is 0.00937. The number of benzene rings is 1. The van der Waals surface area contributed by atoms with Gasteiger partial charge in [0.15, 0.2) is 0 Å². The highest BCUT2D eigenvalue weighted by Crippen LogP contribution is 2.28. The molecule has 2 aromatic rings. The van der Waals surface area contributed by atoms with E-state index in [-0.39, 0.29) is 11.6 Å². The quantitative estimate of drug-likeness (QED) is 0.461. The van der Waals surface area contributed by atoms with Crippen LogP contribution in [0.5, 0.6) is 0 Å². The van der Waals surface area contributed by atoms with Crippen molar-refractivity contribution in [3.63, 3.8) is 0 Å². The number of nitrogens with two attached hydrogens (primary N) is 1. The minimum Gasteiger partial charge on any atom is -0.384 e. The van der Waals surface area contributed by atoms with Crippen LogP contribution in [0.2, 0.25) is 0 Å². The molecule has 1 amide bonds. The van der Waals surface area contributed by atoms with Crippen LogP contribution in [0, 0.1) is 10.1 Å². The van der Waals surface area contributed by atoms with E-state index in [0.29, 0.717) is 30.3 Å². The molecule has 1 aromatic carbocycles. The van der Waals surface area contributed by atoms with E-state index in [0.717, 1.165) is 12.1 Å². The second-order valence-corrected chi connectivity index (χ2v) is 4.64. The summed E-state index contributed by atoms with van der Waals surface area (Å²) in [6, 6.07) is 6.65. The first-order valence-corrected chi connectivity index (χ1v) is 6.64. The molecule has 1 heterocycles. The summed E-state index contributed by atoms with van der Waals surface area (Å²) in [4.78, 5) is 25.3. The number of hydrogen-bond acceptors (Lipinski definition) is 5. The lowest BCUT2D eigenvalue weighted by atomic mass is 10.1. The Hall–Kier alpha value is -2.70. The molecule has 3 N–H and O–H groups in total. The Balaban J connectivity index is 2.12.